The summed E-state index contributed by atoms with van der Waals surface area (Å²) >= 11 is 0. The summed E-state index contributed by atoms with van der Waals surface area (Å²) in [6, 6.07) is 99.1. The Bertz CT molecular complexity index is 4080. The molecule has 12 aromatic carbocycles. The first kappa shape index (κ1) is 66.2. The smallest absolute Gasteiger partial charge is 0.130 e. The molecule has 0 aromatic heterocycles. The highest BCUT2D eigenvalue weighted by Gasteiger charge is 2.42. The van der Waals surface area contributed by atoms with Gasteiger partial charge >= 0.3 is 0 Å². The SMILES string of the molecule is OC(c1cccc(OCc2cc(OCc3ccccc3)cc(OCc3cc(OCc4ccccc4)cc(OCc4ccccc4)c3)c2)c1)(c1cccc(OCc2cc(OCc3ccccc3)cc(OCc3cc(OCc4ccccc4)cc(OCc4ccccc4)c3)c2)c1)[C@@H]1CCCN1. The third-order valence-electron chi connectivity index (χ3n) is 17.0. The van der Waals surface area contributed by atoms with Crippen molar-refractivity contribution in [2.45, 2.75) is 90.6 Å². The summed E-state index contributed by atoms with van der Waals surface area (Å²) < 4.78 is 64.8. The Morgan fingerprint density at radius 2 is 0.465 bits per heavy atom. The first-order valence-corrected chi connectivity index (χ1v) is 33.6. The Morgan fingerprint density at radius 3 is 0.687 bits per heavy atom. The van der Waals surface area contributed by atoms with Gasteiger partial charge in [-0.05, 0) is 159 Å². The minimum absolute atomic E-state index is 0.180. The molecule has 0 radical (unpaired) electrons. The topological polar surface area (TPSA) is 125 Å². The van der Waals surface area contributed by atoms with Crippen molar-refractivity contribution >= 4 is 0 Å². The second-order valence-electron chi connectivity index (χ2n) is 24.5. The molecular weight excluding hydrogens is 1230 g/mol. The predicted molar refractivity (Wildman–Crippen MR) is 385 cm³/mol. The molecule has 0 unspecified atom stereocenters. The van der Waals surface area contributed by atoms with Crippen LogP contribution in [0.4, 0.5) is 0 Å². The van der Waals surface area contributed by atoms with Gasteiger partial charge in [0, 0.05) is 30.3 Å². The van der Waals surface area contributed by atoms with E-state index in [1.54, 1.807) is 0 Å². The third-order valence-corrected chi connectivity index (χ3v) is 17.0. The van der Waals surface area contributed by atoms with Crippen molar-refractivity contribution in [1.29, 1.82) is 0 Å². The number of hydrogen-bond acceptors (Lipinski definition) is 12. The highest BCUT2D eigenvalue weighted by atomic mass is 16.5. The first-order valence-electron chi connectivity index (χ1n) is 33.6. The Morgan fingerprint density at radius 1 is 0.242 bits per heavy atom. The fraction of sp³-hybridized carbons (Fsp3) is 0.172. The van der Waals surface area contributed by atoms with Crippen LogP contribution in [-0.4, -0.2) is 17.7 Å². The molecule has 99 heavy (non-hydrogen) atoms. The molecule has 1 aliphatic rings. The zero-order valence-electron chi connectivity index (χ0n) is 55.2. The zero-order chi connectivity index (χ0) is 67.1. The summed E-state index contributed by atoms with van der Waals surface area (Å²) in [5.41, 5.74) is 9.56. The molecule has 13 rings (SSSR count). The van der Waals surface area contributed by atoms with Crippen LogP contribution < -0.4 is 52.7 Å². The van der Waals surface area contributed by atoms with Gasteiger partial charge in [-0.1, -0.05) is 206 Å². The fourth-order valence-electron chi connectivity index (χ4n) is 11.9. The van der Waals surface area contributed by atoms with Crippen LogP contribution in [-0.2, 0) is 71.7 Å². The molecule has 12 aromatic rings. The van der Waals surface area contributed by atoms with Crippen LogP contribution in [0.25, 0.3) is 0 Å². The van der Waals surface area contributed by atoms with Gasteiger partial charge < -0.3 is 57.8 Å². The molecule has 0 saturated carbocycles. The number of aliphatic hydroxyl groups is 1. The predicted octanol–water partition coefficient (Wildman–Crippen LogP) is 18.5. The van der Waals surface area contributed by atoms with Gasteiger partial charge in [-0.25, -0.2) is 0 Å². The van der Waals surface area contributed by atoms with Crippen LogP contribution in [0.3, 0.4) is 0 Å². The lowest BCUT2D eigenvalue weighted by molar-refractivity contribution is 0.0437. The van der Waals surface area contributed by atoms with Gasteiger partial charge in [-0.2, -0.15) is 0 Å². The van der Waals surface area contributed by atoms with Crippen LogP contribution in [0.1, 0.15) is 79.6 Å². The average molecular weight is 1310 g/mol. The van der Waals surface area contributed by atoms with E-state index < -0.39 is 5.60 Å². The highest BCUT2D eigenvalue weighted by molar-refractivity contribution is 5.47. The van der Waals surface area contributed by atoms with E-state index in [1.807, 2.05) is 303 Å². The molecule has 0 spiro atoms. The minimum Gasteiger partial charge on any atom is -0.489 e. The molecule has 0 bridgehead atoms. The van der Waals surface area contributed by atoms with Crippen molar-refractivity contribution in [3.63, 3.8) is 0 Å². The van der Waals surface area contributed by atoms with Crippen molar-refractivity contribution in [3.05, 3.63) is 370 Å². The molecule has 1 atom stereocenters. The monoisotopic (exact) mass is 1310 g/mol. The average Bonchev–Trinajstić information content (AvgIpc) is 1.71. The van der Waals surface area contributed by atoms with E-state index in [0.29, 0.717) is 108 Å². The van der Waals surface area contributed by atoms with Crippen molar-refractivity contribution in [2.75, 3.05) is 6.54 Å². The molecule has 12 nitrogen and oxygen atoms in total. The van der Waals surface area contributed by atoms with Crippen LogP contribution in [0.15, 0.2) is 303 Å². The van der Waals surface area contributed by atoms with Crippen LogP contribution in [0.2, 0.25) is 0 Å². The molecule has 1 saturated heterocycles. The third kappa shape index (κ3) is 19.2. The molecule has 1 aliphatic heterocycles. The lowest BCUT2D eigenvalue weighted by Gasteiger charge is -2.35. The number of ether oxygens (including phenoxy) is 10. The molecule has 2 N–H and O–H groups in total. The molecular formula is C87H79NO11. The summed E-state index contributed by atoms with van der Waals surface area (Å²) in [6.07, 6.45) is 1.66. The van der Waals surface area contributed by atoms with Gasteiger partial charge in [0.25, 0.3) is 0 Å². The summed E-state index contributed by atoms with van der Waals surface area (Å²) in [6.45, 7) is 3.90. The number of nitrogens with one attached hydrogen (secondary N) is 1. The lowest BCUT2D eigenvalue weighted by atomic mass is 9.79. The largest absolute Gasteiger partial charge is 0.489 e. The number of benzene rings is 12. The second kappa shape index (κ2) is 33.5. The quantitative estimate of drug-likeness (QED) is 0.0407. The normalized spacial score (nSPS) is 12.6. The summed E-state index contributed by atoms with van der Waals surface area (Å²) in [5, 5.41) is 17.0. The maximum atomic E-state index is 13.4. The molecule has 1 heterocycles. The Hall–Kier alpha value is -11.4. The minimum atomic E-state index is -1.47. The Balaban J connectivity index is 0.717. The van der Waals surface area contributed by atoms with Crippen LogP contribution in [0.5, 0.6) is 57.5 Å². The molecule has 12 heteroatoms. The van der Waals surface area contributed by atoms with Gasteiger partial charge in [0.2, 0.25) is 0 Å². The number of hydrogen-bond donors (Lipinski definition) is 2. The summed E-state index contributed by atoms with van der Waals surface area (Å²) in [5.74, 6) is 6.28. The molecule has 0 amide bonds. The van der Waals surface area contributed by atoms with E-state index in [9.17, 15) is 5.11 Å². The van der Waals surface area contributed by atoms with Crippen molar-refractivity contribution in [3.8, 4) is 57.5 Å². The molecule has 0 aliphatic carbocycles. The maximum absolute atomic E-state index is 13.4. The van der Waals surface area contributed by atoms with Gasteiger partial charge in [0.1, 0.15) is 129 Å². The van der Waals surface area contributed by atoms with E-state index in [1.165, 1.54) is 0 Å². The van der Waals surface area contributed by atoms with Crippen molar-refractivity contribution in [1.82, 2.24) is 5.32 Å². The lowest BCUT2D eigenvalue weighted by Crippen LogP contribution is -2.46. The van der Waals surface area contributed by atoms with E-state index in [4.69, 9.17) is 47.4 Å². The second-order valence-corrected chi connectivity index (χ2v) is 24.5. The summed E-state index contributed by atoms with van der Waals surface area (Å²) in [4.78, 5) is 0. The van der Waals surface area contributed by atoms with Gasteiger partial charge in [0.15, 0.2) is 0 Å². The zero-order valence-corrected chi connectivity index (χ0v) is 55.2. The Labute approximate surface area is 579 Å². The van der Waals surface area contributed by atoms with Gasteiger partial charge in [-0.3, -0.25) is 0 Å². The molecule has 1 fully saturated rings. The van der Waals surface area contributed by atoms with E-state index in [0.717, 1.165) is 75.0 Å². The molecule has 498 valence electrons. The summed E-state index contributed by atoms with van der Waals surface area (Å²) in [7, 11) is 0. The Kier molecular flexibility index (Phi) is 22.4. The van der Waals surface area contributed by atoms with E-state index in [2.05, 4.69) is 5.32 Å². The van der Waals surface area contributed by atoms with E-state index >= 15 is 0 Å². The van der Waals surface area contributed by atoms with Crippen LogP contribution >= 0.6 is 0 Å². The van der Waals surface area contributed by atoms with Crippen molar-refractivity contribution in [2.24, 2.45) is 0 Å². The standard InChI is InChI=1S/C87H79NO11/c89-87(86-38-21-39-88-86,74-34-19-36-76(48-74)90-60-70-40-78(92-54-64-22-7-1-8-23-64)52-84(42-70)98-62-72-44-80(94-56-66-26-11-3-12-27-66)50-81(45-72)95-57-67-28-13-4-14-29-67)75-35-20-37-77(49-75)91-61-71-41-79(93-55-65-24-9-2-10-25-65)53-85(43-71)99-63-73-46-82(96-58-68-30-15-5-16-31-68)51-83(47-73)97-59-69-32-17-6-18-33-69/h1-20,22-37,40-53,86,88-89H,21,38-39,54-63H2/t86-/m0/s1. The maximum Gasteiger partial charge on any atom is 0.130 e. The van der Waals surface area contributed by atoms with Crippen LogP contribution in [0, 0.1) is 0 Å². The first-order chi connectivity index (χ1) is 48.8. The van der Waals surface area contributed by atoms with Gasteiger partial charge in [-0.15, -0.1) is 0 Å². The fourth-order valence-corrected chi connectivity index (χ4v) is 11.9. The van der Waals surface area contributed by atoms with E-state index in [-0.39, 0.29) is 32.5 Å². The van der Waals surface area contributed by atoms with Gasteiger partial charge in [0.05, 0.1) is 0 Å². The number of rotatable bonds is 33. The van der Waals surface area contributed by atoms with Crippen molar-refractivity contribution < 1.29 is 52.5 Å². The highest BCUT2D eigenvalue weighted by Crippen LogP contribution is 2.40.